The van der Waals surface area contributed by atoms with Crippen LogP contribution in [0.4, 0.5) is 5.69 Å². The van der Waals surface area contributed by atoms with Gasteiger partial charge in [-0.3, -0.25) is 9.69 Å². The number of thiazole rings is 1. The molecule has 0 unspecified atom stereocenters. The molecule has 4 rings (SSSR count). The number of halogens is 2. The lowest BCUT2D eigenvalue weighted by molar-refractivity contribution is 0.244. The molecule has 26 heavy (non-hydrogen) atoms. The molecule has 0 amide bonds. The van der Waals surface area contributed by atoms with Gasteiger partial charge in [-0.15, -0.1) is 11.3 Å². The van der Waals surface area contributed by atoms with Crippen LogP contribution in [-0.2, 0) is 19.5 Å². The fourth-order valence-electron chi connectivity index (χ4n) is 3.00. The minimum absolute atomic E-state index is 0.111. The summed E-state index contributed by atoms with van der Waals surface area (Å²) in [6, 6.07) is 7.29. The molecule has 0 aliphatic carbocycles. The number of rotatable bonds is 3. The Bertz CT molecular complexity index is 1010. The Balaban J connectivity index is 1.59. The predicted molar refractivity (Wildman–Crippen MR) is 105 cm³/mol. The summed E-state index contributed by atoms with van der Waals surface area (Å²) in [6.45, 7) is 1.92. The highest BCUT2D eigenvalue weighted by Crippen LogP contribution is 2.29. The molecule has 3 heterocycles. The van der Waals surface area contributed by atoms with Crippen molar-refractivity contribution in [2.45, 2.75) is 19.5 Å². The summed E-state index contributed by atoms with van der Waals surface area (Å²) in [7, 11) is 0. The van der Waals surface area contributed by atoms with E-state index in [1.807, 2.05) is 12.1 Å². The molecule has 1 aliphatic rings. The first-order valence-corrected chi connectivity index (χ1v) is 9.58. The van der Waals surface area contributed by atoms with Gasteiger partial charge in [-0.25, -0.2) is 9.97 Å². The highest BCUT2D eigenvalue weighted by molar-refractivity contribution is 7.16. The summed E-state index contributed by atoms with van der Waals surface area (Å²) in [6.07, 6.45) is 0.700. The van der Waals surface area contributed by atoms with Crippen LogP contribution in [0.2, 0.25) is 9.62 Å². The summed E-state index contributed by atoms with van der Waals surface area (Å²) in [5, 5.41) is 0.427. The molecular weight excluding hydrogens is 393 g/mol. The van der Waals surface area contributed by atoms with Gasteiger partial charge in [0.1, 0.15) is 11.0 Å². The van der Waals surface area contributed by atoms with E-state index in [-0.39, 0.29) is 5.56 Å². The molecule has 0 radical (unpaired) electrons. The zero-order chi connectivity index (χ0) is 18.3. The lowest BCUT2D eigenvalue weighted by Crippen LogP contribution is -2.35. The van der Waals surface area contributed by atoms with E-state index in [1.165, 1.54) is 11.3 Å². The summed E-state index contributed by atoms with van der Waals surface area (Å²) in [5.41, 5.74) is 8.65. The van der Waals surface area contributed by atoms with Crippen LogP contribution in [0, 0.1) is 0 Å². The largest absolute Gasteiger partial charge is 0.399 e. The summed E-state index contributed by atoms with van der Waals surface area (Å²) >= 11 is 13.4. The molecule has 0 saturated carbocycles. The highest BCUT2D eigenvalue weighted by atomic mass is 35.5. The third-order valence-electron chi connectivity index (χ3n) is 4.32. The molecule has 0 fully saturated rings. The molecule has 2 aromatic heterocycles. The smallest absolute Gasteiger partial charge is 0.255 e. The van der Waals surface area contributed by atoms with Crippen molar-refractivity contribution in [1.29, 1.82) is 0 Å². The maximum absolute atomic E-state index is 12.6. The molecule has 0 saturated heterocycles. The first-order chi connectivity index (χ1) is 12.5. The number of nitrogens with zero attached hydrogens (tertiary/aromatic N) is 3. The van der Waals surface area contributed by atoms with Gasteiger partial charge in [0.05, 0.1) is 16.1 Å². The van der Waals surface area contributed by atoms with Crippen LogP contribution < -0.4 is 11.3 Å². The van der Waals surface area contributed by atoms with Crippen LogP contribution in [0.5, 0.6) is 0 Å². The van der Waals surface area contributed by atoms with E-state index >= 15 is 0 Å². The van der Waals surface area contributed by atoms with E-state index in [4.69, 9.17) is 28.9 Å². The molecular formula is C17H15Cl2N5OS. The first-order valence-electron chi connectivity index (χ1n) is 8.00. The van der Waals surface area contributed by atoms with Gasteiger partial charge < -0.3 is 10.7 Å². The first kappa shape index (κ1) is 17.5. The Morgan fingerprint density at radius 1 is 1.23 bits per heavy atom. The van der Waals surface area contributed by atoms with Crippen molar-refractivity contribution in [1.82, 2.24) is 19.9 Å². The number of hydrogen-bond acceptors (Lipinski definition) is 6. The molecule has 6 nitrogen and oxygen atoms in total. The molecule has 9 heteroatoms. The van der Waals surface area contributed by atoms with E-state index in [0.29, 0.717) is 46.2 Å². The van der Waals surface area contributed by atoms with Gasteiger partial charge >= 0.3 is 0 Å². The van der Waals surface area contributed by atoms with Gasteiger partial charge in [-0.1, -0.05) is 23.2 Å². The average molecular weight is 408 g/mol. The third kappa shape index (κ3) is 3.48. The van der Waals surface area contributed by atoms with Crippen molar-refractivity contribution >= 4 is 40.2 Å². The Morgan fingerprint density at radius 2 is 2.00 bits per heavy atom. The quantitative estimate of drug-likeness (QED) is 0.649. The van der Waals surface area contributed by atoms with Crippen LogP contribution in [0.3, 0.4) is 0 Å². The van der Waals surface area contributed by atoms with Crippen LogP contribution in [0.1, 0.15) is 16.1 Å². The average Bonchev–Trinajstić information content (AvgIpc) is 2.93. The van der Waals surface area contributed by atoms with Crippen molar-refractivity contribution in [2.75, 3.05) is 12.3 Å². The van der Waals surface area contributed by atoms with Gasteiger partial charge in [0.2, 0.25) is 0 Å². The van der Waals surface area contributed by atoms with E-state index in [9.17, 15) is 4.79 Å². The predicted octanol–water partition coefficient (Wildman–Crippen LogP) is 3.34. The summed E-state index contributed by atoms with van der Waals surface area (Å²) in [5.74, 6) is 0.569. The second-order valence-corrected chi connectivity index (χ2v) is 8.13. The number of aromatic amines is 1. The minimum Gasteiger partial charge on any atom is -0.399 e. The second kappa shape index (κ2) is 7.00. The van der Waals surface area contributed by atoms with Crippen molar-refractivity contribution in [3.05, 3.63) is 60.4 Å². The summed E-state index contributed by atoms with van der Waals surface area (Å²) < 4.78 is 0.426. The van der Waals surface area contributed by atoms with Crippen molar-refractivity contribution < 1.29 is 0 Å². The number of H-pyrrole nitrogens is 1. The standard InChI is InChI=1S/C17H15Cl2N5OS/c18-14-13(26-17(19)22-14)8-24-6-5-12-11(7-24)16(25)23-15(21-12)9-1-3-10(20)4-2-9/h1-4H,5-8,20H2,(H,21,23,25). The number of nitrogens with two attached hydrogens (primary N) is 1. The Hall–Kier alpha value is -1.93. The highest BCUT2D eigenvalue weighted by Gasteiger charge is 2.23. The number of aromatic nitrogens is 3. The SMILES string of the molecule is Nc1ccc(-c2nc3c(c(=O)[nH]2)CN(Cc2sc(Cl)nc2Cl)CC3)cc1. The molecule has 3 N–H and O–H groups in total. The molecule has 1 aliphatic heterocycles. The van der Waals surface area contributed by atoms with Gasteiger partial charge in [0.15, 0.2) is 4.47 Å². The van der Waals surface area contributed by atoms with Crippen LogP contribution >= 0.6 is 34.5 Å². The van der Waals surface area contributed by atoms with Gasteiger partial charge in [0, 0.05) is 37.3 Å². The van der Waals surface area contributed by atoms with Gasteiger partial charge in [0.25, 0.3) is 5.56 Å². The van der Waals surface area contributed by atoms with Crippen molar-refractivity contribution in [3.63, 3.8) is 0 Å². The number of nitrogens with one attached hydrogen (secondary N) is 1. The van der Waals surface area contributed by atoms with Crippen molar-refractivity contribution in [3.8, 4) is 11.4 Å². The molecule has 0 atom stereocenters. The maximum atomic E-state index is 12.6. The molecule has 0 spiro atoms. The Labute approximate surface area is 163 Å². The monoisotopic (exact) mass is 407 g/mol. The van der Waals surface area contributed by atoms with Crippen LogP contribution in [-0.4, -0.2) is 26.4 Å². The Morgan fingerprint density at radius 3 is 2.69 bits per heavy atom. The molecule has 134 valence electrons. The number of hydrogen-bond donors (Lipinski definition) is 2. The van der Waals surface area contributed by atoms with E-state index < -0.39 is 0 Å². The number of fused-ring (bicyclic) bond motifs is 1. The normalized spacial score (nSPS) is 14.4. The second-order valence-electron chi connectivity index (χ2n) is 6.10. The number of anilines is 1. The third-order valence-corrected chi connectivity index (χ3v) is 5.89. The van der Waals surface area contributed by atoms with E-state index in [2.05, 4.69) is 19.9 Å². The maximum Gasteiger partial charge on any atom is 0.255 e. The van der Waals surface area contributed by atoms with E-state index in [1.54, 1.807) is 12.1 Å². The van der Waals surface area contributed by atoms with Gasteiger partial charge in [-0.05, 0) is 24.3 Å². The lowest BCUT2D eigenvalue weighted by Gasteiger charge is -2.27. The van der Waals surface area contributed by atoms with Gasteiger partial charge in [-0.2, -0.15) is 0 Å². The number of nitrogen functional groups attached to an aromatic ring is 1. The van der Waals surface area contributed by atoms with Crippen LogP contribution in [0.25, 0.3) is 11.4 Å². The zero-order valence-corrected chi connectivity index (χ0v) is 16.0. The van der Waals surface area contributed by atoms with Crippen molar-refractivity contribution in [2.24, 2.45) is 0 Å². The number of benzene rings is 1. The zero-order valence-electron chi connectivity index (χ0n) is 13.6. The van der Waals surface area contributed by atoms with E-state index in [0.717, 1.165) is 22.7 Å². The lowest BCUT2D eigenvalue weighted by atomic mass is 10.1. The molecule has 0 bridgehead atoms. The molecule has 1 aromatic carbocycles. The Kier molecular flexibility index (Phi) is 4.71. The van der Waals surface area contributed by atoms with Crippen LogP contribution in [0.15, 0.2) is 29.1 Å². The topological polar surface area (TPSA) is 87.9 Å². The fourth-order valence-corrected chi connectivity index (χ4v) is 4.43. The minimum atomic E-state index is -0.111. The summed E-state index contributed by atoms with van der Waals surface area (Å²) in [4.78, 5) is 27.2. The molecule has 3 aromatic rings. The fraction of sp³-hybridized carbons (Fsp3) is 0.235.